The first-order chi connectivity index (χ1) is 28.2. The van der Waals surface area contributed by atoms with Crippen LogP contribution in [0.2, 0.25) is 0 Å². The van der Waals surface area contributed by atoms with Crippen molar-refractivity contribution in [2.24, 2.45) is 23.7 Å². The molecular weight excluding hydrogens is 693 g/mol. The van der Waals surface area contributed by atoms with Gasteiger partial charge in [0.15, 0.2) is 5.82 Å². The Morgan fingerprint density at radius 2 is 1.07 bits per heavy atom. The zero-order valence-corrected chi connectivity index (χ0v) is 31.7. The van der Waals surface area contributed by atoms with Gasteiger partial charge in [0.1, 0.15) is 11.2 Å². The second-order valence-corrected chi connectivity index (χ2v) is 17.4. The van der Waals surface area contributed by atoms with Crippen LogP contribution < -0.4 is 0 Å². The van der Waals surface area contributed by atoms with E-state index in [9.17, 15) is 0 Å². The average Bonchev–Trinajstić information content (AvgIpc) is 3.78. The molecule has 0 N–H and O–H groups in total. The third-order valence-electron chi connectivity index (χ3n) is 14.4. The van der Waals surface area contributed by atoms with E-state index < -0.39 is 0 Å². The minimum Gasteiger partial charge on any atom is -0.455 e. The summed E-state index contributed by atoms with van der Waals surface area (Å²) < 4.78 is 6.89. The quantitative estimate of drug-likeness (QED) is 0.181. The van der Waals surface area contributed by atoms with Gasteiger partial charge in [0.25, 0.3) is 0 Å². The molecule has 5 aliphatic rings. The summed E-state index contributed by atoms with van der Waals surface area (Å²) in [6.07, 6.45) is 6.80. The highest BCUT2D eigenvalue weighted by molar-refractivity contribution is 6.16. The second-order valence-electron chi connectivity index (χ2n) is 17.4. The van der Waals surface area contributed by atoms with Gasteiger partial charge in [-0.25, -0.2) is 9.97 Å². The maximum absolute atomic E-state index is 6.89. The minimum absolute atomic E-state index is 0.0126. The lowest BCUT2D eigenvalue weighted by molar-refractivity contribution is -0.0399. The second kappa shape index (κ2) is 11.8. The van der Waals surface area contributed by atoms with Gasteiger partial charge >= 0.3 is 0 Å². The number of fused-ring (bicyclic) bond motifs is 8. The van der Waals surface area contributed by atoms with Crippen LogP contribution in [0.5, 0.6) is 0 Å². The van der Waals surface area contributed by atoms with Gasteiger partial charge in [0.2, 0.25) is 0 Å². The maximum Gasteiger partial charge on any atom is 0.160 e. The van der Waals surface area contributed by atoms with Crippen LogP contribution in [0.25, 0.3) is 88.9 Å². The molecule has 4 saturated carbocycles. The molecule has 272 valence electrons. The highest BCUT2D eigenvalue weighted by Crippen LogP contribution is 2.70. The van der Waals surface area contributed by atoms with Crippen molar-refractivity contribution in [3.05, 3.63) is 169 Å². The number of rotatable bonds is 4. The molecule has 4 fully saturated rings. The molecule has 1 spiro atoms. The predicted octanol–water partition coefficient (Wildman–Crippen LogP) is 13.9. The molecule has 0 amide bonds. The molecular formula is C54H40N2O. The lowest BCUT2D eigenvalue weighted by Gasteiger charge is -2.61. The van der Waals surface area contributed by atoms with E-state index in [1.165, 1.54) is 81.5 Å². The van der Waals surface area contributed by atoms with Crippen LogP contribution in [0.15, 0.2) is 162 Å². The fourth-order valence-electron chi connectivity index (χ4n) is 12.3. The van der Waals surface area contributed by atoms with Gasteiger partial charge in [-0.05, 0) is 131 Å². The molecule has 0 unspecified atom stereocenters. The van der Waals surface area contributed by atoms with Crippen molar-refractivity contribution in [2.45, 2.75) is 37.5 Å². The smallest absolute Gasteiger partial charge is 0.160 e. The standard InChI is InChI=1S/C54H40N2O/c1-3-11-35(12-4-1)49-31-50(36-13-5-2-6-14-36)56-53(55-49)39-16-9-15-37(27-39)38-19-20-43-45-29-46-44-21-18-34-10-7-8-17-42(34)52(44)57-51(46)30-48(45)54(47(43)28-38)40-23-32-22-33(25-40)26-41(54)24-32/h1-21,27-33,40-41H,22-26H2. The number of nitrogens with zero attached hydrogens (tertiary/aromatic N) is 2. The number of furan rings is 1. The molecule has 0 atom stereocenters. The predicted molar refractivity (Wildman–Crippen MR) is 232 cm³/mol. The average molecular weight is 733 g/mol. The van der Waals surface area contributed by atoms with Gasteiger partial charge in [-0.1, -0.05) is 121 Å². The lowest BCUT2D eigenvalue weighted by atomic mass is 9.43. The third-order valence-corrected chi connectivity index (χ3v) is 14.4. The Bertz CT molecular complexity index is 3000. The van der Waals surface area contributed by atoms with Gasteiger partial charge in [0, 0.05) is 38.3 Å². The van der Waals surface area contributed by atoms with Crippen molar-refractivity contribution in [3.63, 3.8) is 0 Å². The molecule has 4 bridgehead atoms. The van der Waals surface area contributed by atoms with Crippen LogP contribution in [-0.4, -0.2) is 9.97 Å². The first-order valence-corrected chi connectivity index (χ1v) is 20.8. The highest BCUT2D eigenvalue weighted by atomic mass is 16.3. The van der Waals surface area contributed by atoms with E-state index in [4.69, 9.17) is 14.4 Å². The van der Waals surface area contributed by atoms with Gasteiger partial charge in [0.05, 0.1) is 11.4 Å². The van der Waals surface area contributed by atoms with Crippen molar-refractivity contribution < 1.29 is 4.42 Å². The zero-order valence-electron chi connectivity index (χ0n) is 31.7. The van der Waals surface area contributed by atoms with E-state index in [0.29, 0.717) is 11.8 Å². The zero-order chi connectivity index (χ0) is 37.2. The number of hydrogen-bond acceptors (Lipinski definition) is 3. The van der Waals surface area contributed by atoms with E-state index in [1.54, 1.807) is 5.56 Å². The van der Waals surface area contributed by atoms with Crippen LogP contribution in [0, 0.1) is 23.7 Å². The molecule has 14 rings (SSSR count). The first-order valence-electron chi connectivity index (χ1n) is 20.8. The van der Waals surface area contributed by atoms with Crippen molar-refractivity contribution in [1.82, 2.24) is 9.97 Å². The molecule has 2 aromatic heterocycles. The maximum atomic E-state index is 6.89. The summed E-state index contributed by atoms with van der Waals surface area (Å²) in [6, 6.07) is 57.4. The normalized spacial score (nSPS) is 22.8. The molecule has 3 heteroatoms. The molecule has 0 radical (unpaired) electrons. The summed E-state index contributed by atoms with van der Waals surface area (Å²) in [6.45, 7) is 0. The SMILES string of the molecule is c1ccc(-c2cc(-c3ccccc3)nc(-c3cccc(-c4ccc5c(c4)C4(c6cc7oc8c9ccccc9ccc8c7cc6-5)C5CC6CC(C5)CC4C6)c3)n2)cc1. The van der Waals surface area contributed by atoms with Gasteiger partial charge in [-0.2, -0.15) is 0 Å². The fraction of sp³-hybridized carbons (Fsp3) is 0.185. The Balaban J connectivity index is 0.980. The van der Waals surface area contributed by atoms with E-state index in [2.05, 4.69) is 158 Å². The van der Waals surface area contributed by atoms with Gasteiger partial charge < -0.3 is 4.42 Å². The number of hydrogen-bond donors (Lipinski definition) is 0. The monoisotopic (exact) mass is 732 g/mol. The summed E-state index contributed by atoms with van der Waals surface area (Å²) in [4.78, 5) is 10.4. The van der Waals surface area contributed by atoms with Crippen molar-refractivity contribution in [3.8, 4) is 56.2 Å². The van der Waals surface area contributed by atoms with E-state index in [-0.39, 0.29) is 5.41 Å². The van der Waals surface area contributed by atoms with Crippen LogP contribution in [0.4, 0.5) is 0 Å². The van der Waals surface area contributed by atoms with Crippen molar-refractivity contribution >= 4 is 32.7 Å². The third kappa shape index (κ3) is 4.60. The molecule has 2 heterocycles. The Morgan fingerprint density at radius 1 is 0.439 bits per heavy atom. The lowest BCUT2D eigenvalue weighted by Crippen LogP contribution is -2.55. The summed E-state index contributed by atoms with van der Waals surface area (Å²) in [5.74, 6) is 3.80. The summed E-state index contributed by atoms with van der Waals surface area (Å²) in [7, 11) is 0. The summed E-state index contributed by atoms with van der Waals surface area (Å²) in [5.41, 5.74) is 15.5. The van der Waals surface area contributed by atoms with Crippen molar-refractivity contribution in [1.29, 1.82) is 0 Å². The fourth-order valence-corrected chi connectivity index (χ4v) is 12.3. The molecule has 9 aromatic rings. The van der Waals surface area contributed by atoms with Crippen LogP contribution in [0.1, 0.15) is 43.2 Å². The summed E-state index contributed by atoms with van der Waals surface area (Å²) in [5, 5.41) is 4.85. The minimum atomic E-state index is 0.0126. The molecule has 3 nitrogen and oxygen atoms in total. The Labute approximate surface area is 332 Å². The Hall–Kier alpha value is -6.32. The Kier molecular flexibility index (Phi) is 6.62. The van der Waals surface area contributed by atoms with E-state index in [1.807, 2.05) is 0 Å². The molecule has 57 heavy (non-hydrogen) atoms. The highest BCUT2D eigenvalue weighted by Gasteiger charge is 2.61. The van der Waals surface area contributed by atoms with Crippen molar-refractivity contribution in [2.75, 3.05) is 0 Å². The number of aromatic nitrogens is 2. The van der Waals surface area contributed by atoms with E-state index in [0.717, 1.165) is 56.9 Å². The van der Waals surface area contributed by atoms with E-state index >= 15 is 0 Å². The topological polar surface area (TPSA) is 38.9 Å². The summed E-state index contributed by atoms with van der Waals surface area (Å²) >= 11 is 0. The van der Waals surface area contributed by atoms with Crippen LogP contribution in [0.3, 0.4) is 0 Å². The largest absolute Gasteiger partial charge is 0.455 e. The van der Waals surface area contributed by atoms with Gasteiger partial charge in [-0.15, -0.1) is 0 Å². The molecule has 0 aliphatic heterocycles. The molecule has 0 saturated heterocycles. The first kappa shape index (κ1) is 31.8. The molecule has 7 aromatic carbocycles. The number of benzene rings is 7. The van der Waals surface area contributed by atoms with Crippen LogP contribution in [-0.2, 0) is 5.41 Å². The van der Waals surface area contributed by atoms with Gasteiger partial charge in [-0.3, -0.25) is 0 Å². The molecule has 5 aliphatic carbocycles. The Morgan fingerprint density at radius 3 is 1.81 bits per heavy atom. The van der Waals surface area contributed by atoms with Crippen LogP contribution >= 0.6 is 0 Å².